The molecule has 0 saturated heterocycles. The topological polar surface area (TPSA) is 40.5 Å². The highest BCUT2D eigenvalue weighted by atomic mass is 16.3. The third-order valence-corrected chi connectivity index (χ3v) is 6.97. The fraction of sp³-hybridized carbons (Fsp3) is 0.0667. The molecule has 152 valence electrons. The van der Waals surface area contributed by atoms with Crippen LogP contribution in [0.2, 0.25) is 0 Å². The molecule has 2 unspecified atom stereocenters. The van der Waals surface area contributed by atoms with Gasteiger partial charge >= 0.3 is 0 Å². The zero-order valence-electron chi connectivity index (χ0n) is 17.3. The van der Waals surface area contributed by atoms with Crippen molar-refractivity contribution in [3.63, 3.8) is 0 Å². The average molecular weight is 412 g/mol. The van der Waals surface area contributed by atoms with Gasteiger partial charge in [0.2, 0.25) is 0 Å². The molecule has 2 nitrogen and oxygen atoms in total. The molecular weight excluding hydrogens is 392 g/mol. The van der Waals surface area contributed by atoms with E-state index in [1.807, 2.05) is 12.1 Å². The fourth-order valence-corrected chi connectivity index (χ4v) is 5.30. The van der Waals surface area contributed by atoms with E-state index in [4.69, 9.17) is 0 Å². The summed E-state index contributed by atoms with van der Waals surface area (Å²) in [5.74, 6) is 0. The molecule has 0 radical (unpaired) electrons. The Kier molecular flexibility index (Phi) is 3.58. The minimum absolute atomic E-state index is 0.783. The SMILES string of the molecule is OC1C=Cc2c(ccc3c2ccc2cc4cc5cc6ccccc6cc5cc4cc23)C1O. The van der Waals surface area contributed by atoms with Crippen LogP contribution in [-0.4, -0.2) is 16.3 Å². The number of fused-ring (bicyclic) bond motifs is 8. The van der Waals surface area contributed by atoms with Gasteiger partial charge in [-0.05, 0) is 101 Å². The van der Waals surface area contributed by atoms with Gasteiger partial charge < -0.3 is 10.2 Å². The third kappa shape index (κ3) is 2.48. The van der Waals surface area contributed by atoms with Gasteiger partial charge in [0.25, 0.3) is 0 Å². The molecular formula is C30H20O2. The fourth-order valence-electron chi connectivity index (χ4n) is 5.30. The summed E-state index contributed by atoms with van der Waals surface area (Å²) in [6, 6.07) is 30.5. The Morgan fingerprint density at radius 1 is 0.500 bits per heavy atom. The molecule has 0 aromatic heterocycles. The van der Waals surface area contributed by atoms with Gasteiger partial charge in [0.15, 0.2) is 0 Å². The van der Waals surface area contributed by atoms with Crippen molar-refractivity contribution < 1.29 is 10.2 Å². The standard InChI is InChI=1S/C30H20O2/c31-29-10-9-25-24-6-5-19-13-22-14-20-11-17-3-1-2-4-18(17)12-21(20)15-23(22)16-28(19)26(24)7-8-27(25)30(29)32/h1-16,29-32H. The summed E-state index contributed by atoms with van der Waals surface area (Å²) in [6.45, 7) is 0. The number of hydrogen-bond donors (Lipinski definition) is 2. The first-order valence-corrected chi connectivity index (χ1v) is 11.0. The van der Waals surface area contributed by atoms with Crippen LogP contribution in [0.3, 0.4) is 0 Å². The molecule has 0 heterocycles. The number of aliphatic hydroxyl groups is 2. The predicted molar refractivity (Wildman–Crippen MR) is 134 cm³/mol. The minimum Gasteiger partial charge on any atom is -0.386 e. The van der Waals surface area contributed by atoms with Crippen LogP contribution < -0.4 is 0 Å². The summed E-state index contributed by atoms with van der Waals surface area (Å²) in [6.07, 6.45) is 1.87. The third-order valence-electron chi connectivity index (χ3n) is 6.97. The van der Waals surface area contributed by atoms with E-state index in [0.29, 0.717) is 0 Å². The molecule has 7 rings (SSSR count). The van der Waals surface area contributed by atoms with E-state index in [1.54, 1.807) is 6.08 Å². The molecule has 0 bridgehead atoms. The van der Waals surface area contributed by atoms with Crippen LogP contribution in [0.25, 0.3) is 59.9 Å². The first-order chi connectivity index (χ1) is 15.7. The first kappa shape index (κ1) is 17.9. The van der Waals surface area contributed by atoms with E-state index in [-0.39, 0.29) is 0 Å². The number of hydrogen-bond acceptors (Lipinski definition) is 2. The van der Waals surface area contributed by atoms with Gasteiger partial charge in [0.1, 0.15) is 12.2 Å². The van der Waals surface area contributed by atoms with Gasteiger partial charge in [0.05, 0.1) is 0 Å². The van der Waals surface area contributed by atoms with Gasteiger partial charge in [0, 0.05) is 0 Å². The van der Waals surface area contributed by atoms with Crippen molar-refractivity contribution in [1.29, 1.82) is 0 Å². The van der Waals surface area contributed by atoms with Crippen molar-refractivity contribution in [3.8, 4) is 0 Å². The highest BCUT2D eigenvalue weighted by molar-refractivity contribution is 6.16. The van der Waals surface area contributed by atoms with E-state index in [0.717, 1.165) is 21.9 Å². The highest BCUT2D eigenvalue weighted by Crippen LogP contribution is 2.38. The summed E-state index contributed by atoms with van der Waals surface area (Å²) >= 11 is 0. The van der Waals surface area contributed by atoms with Gasteiger partial charge in [-0.1, -0.05) is 60.7 Å². The van der Waals surface area contributed by atoms with E-state index >= 15 is 0 Å². The summed E-state index contributed by atoms with van der Waals surface area (Å²) in [7, 11) is 0. The van der Waals surface area contributed by atoms with E-state index < -0.39 is 12.2 Å². The molecule has 2 N–H and O–H groups in total. The lowest BCUT2D eigenvalue weighted by Gasteiger charge is -2.23. The highest BCUT2D eigenvalue weighted by Gasteiger charge is 2.23. The van der Waals surface area contributed by atoms with Crippen molar-refractivity contribution in [2.24, 2.45) is 0 Å². The maximum Gasteiger partial charge on any atom is 0.109 e. The Labute approximate surface area is 184 Å². The van der Waals surface area contributed by atoms with Crippen molar-refractivity contribution in [1.82, 2.24) is 0 Å². The lowest BCUT2D eigenvalue weighted by Crippen LogP contribution is -2.19. The normalized spacial score (nSPS) is 18.2. The molecule has 0 aliphatic heterocycles. The minimum atomic E-state index is -0.882. The molecule has 1 aliphatic carbocycles. The molecule has 0 amide bonds. The molecule has 6 aromatic rings. The predicted octanol–water partition coefficient (Wildman–Crippen LogP) is 6.87. The molecule has 0 saturated carbocycles. The summed E-state index contributed by atoms with van der Waals surface area (Å²) in [5.41, 5.74) is 1.78. The Morgan fingerprint density at radius 2 is 1.09 bits per heavy atom. The molecule has 0 spiro atoms. The van der Waals surface area contributed by atoms with Crippen LogP contribution in [0, 0.1) is 0 Å². The Hall–Kier alpha value is -3.72. The zero-order chi connectivity index (χ0) is 21.4. The number of benzene rings is 6. The number of aliphatic hydroxyl groups excluding tert-OH is 2. The summed E-state index contributed by atoms with van der Waals surface area (Å²) in [4.78, 5) is 0. The monoisotopic (exact) mass is 412 g/mol. The van der Waals surface area contributed by atoms with Crippen molar-refractivity contribution in [2.75, 3.05) is 0 Å². The van der Waals surface area contributed by atoms with Crippen molar-refractivity contribution in [3.05, 3.63) is 102 Å². The maximum atomic E-state index is 10.4. The van der Waals surface area contributed by atoms with E-state index in [2.05, 4.69) is 78.9 Å². The van der Waals surface area contributed by atoms with Crippen LogP contribution in [0.15, 0.2) is 91.0 Å². The lowest BCUT2D eigenvalue weighted by molar-refractivity contribution is 0.0471. The number of rotatable bonds is 0. The largest absolute Gasteiger partial charge is 0.386 e. The first-order valence-electron chi connectivity index (χ1n) is 11.0. The van der Waals surface area contributed by atoms with E-state index in [9.17, 15) is 10.2 Å². The Bertz CT molecular complexity index is 1760. The molecule has 1 aliphatic rings. The maximum absolute atomic E-state index is 10.4. The molecule has 32 heavy (non-hydrogen) atoms. The van der Waals surface area contributed by atoms with Gasteiger partial charge in [-0.2, -0.15) is 0 Å². The second-order valence-electron chi connectivity index (χ2n) is 8.84. The molecule has 2 atom stereocenters. The van der Waals surface area contributed by atoms with Crippen LogP contribution in [0.4, 0.5) is 0 Å². The van der Waals surface area contributed by atoms with Gasteiger partial charge in [-0.25, -0.2) is 0 Å². The molecule has 2 heteroatoms. The van der Waals surface area contributed by atoms with Crippen LogP contribution in [0.1, 0.15) is 17.2 Å². The van der Waals surface area contributed by atoms with Crippen LogP contribution in [-0.2, 0) is 0 Å². The summed E-state index contributed by atoms with van der Waals surface area (Å²) < 4.78 is 0. The second kappa shape index (κ2) is 6.39. The van der Waals surface area contributed by atoms with Gasteiger partial charge in [-0.3, -0.25) is 0 Å². The zero-order valence-corrected chi connectivity index (χ0v) is 17.3. The van der Waals surface area contributed by atoms with Crippen molar-refractivity contribution in [2.45, 2.75) is 12.2 Å². The van der Waals surface area contributed by atoms with Crippen molar-refractivity contribution >= 4 is 59.9 Å². The smallest absolute Gasteiger partial charge is 0.109 e. The van der Waals surface area contributed by atoms with Gasteiger partial charge in [-0.15, -0.1) is 0 Å². The lowest BCUT2D eigenvalue weighted by atomic mass is 9.87. The van der Waals surface area contributed by atoms with E-state index in [1.165, 1.54) is 43.1 Å². The summed E-state index contributed by atoms with van der Waals surface area (Å²) in [5, 5.41) is 32.5. The molecule has 0 fully saturated rings. The Morgan fingerprint density at radius 3 is 1.81 bits per heavy atom. The van der Waals surface area contributed by atoms with Crippen LogP contribution >= 0.6 is 0 Å². The second-order valence-corrected chi connectivity index (χ2v) is 8.84. The quantitative estimate of drug-likeness (QED) is 0.211. The Balaban J connectivity index is 1.53. The van der Waals surface area contributed by atoms with Crippen LogP contribution in [0.5, 0.6) is 0 Å². The molecule has 6 aromatic carbocycles. The average Bonchev–Trinajstić information content (AvgIpc) is 2.82.